The Kier molecular flexibility index (Phi) is 9.87. The molecule has 1 fully saturated rings. The van der Waals surface area contributed by atoms with Gasteiger partial charge in [0.15, 0.2) is 0 Å². The number of hydrogen-bond donors (Lipinski definition) is 1. The van der Waals surface area contributed by atoms with Crippen LogP contribution in [0, 0.1) is 0 Å². The normalized spacial score (nSPS) is 17.5. The van der Waals surface area contributed by atoms with Gasteiger partial charge < -0.3 is 15.0 Å². The van der Waals surface area contributed by atoms with E-state index in [0.717, 1.165) is 58.1 Å². The van der Waals surface area contributed by atoms with Crippen molar-refractivity contribution in [2.45, 2.75) is 46.6 Å². The van der Waals surface area contributed by atoms with Crippen LogP contribution in [0.5, 0.6) is 0 Å². The summed E-state index contributed by atoms with van der Waals surface area (Å²) in [4.78, 5) is 20.8. The average molecular weight is 326 g/mol. The van der Waals surface area contributed by atoms with Crippen LogP contribution in [0.3, 0.4) is 0 Å². The zero-order valence-electron chi connectivity index (χ0n) is 15.3. The first-order chi connectivity index (χ1) is 11.0. The summed E-state index contributed by atoms with van der Waals surface area (Å²) in [5.74, 6) is 0.951. The largest absolute Gasteiger partial charge is 0.466 e. The van der Waals surface area contributed by atoms with Gasteiger partial charge in [-0.2, -0.15) is 0 Å². The average Bonchev–Trinajstić information content (AvgIpc) is 2.48. The second-order valence-corrected chi connectivity index (χ2v) is 6.36. The Hall–Kier alpha value is -1.14. The van der Waals surface area contributed by atoms with Crippen molar-refractivity contribution in [2.24, 2.45) is 4.99 Å². The molecule has 0 saturated carbocycles. The summed E-state index contributed by atoms with van der Waals surface area (Å²) >= 11 is 0. The van der Waals surface area contributed by atoms with Crippen LogP contribution in [0.2, 0.25) is 0 Å². The monoisotopic (exact) mass is 326 g/mol. The molecular weight excluding hydrogens is 292 g/mol. The molecule has 1 N–H and O–H groups in total. The van der Waals surface area contributed by atoms with Gasteiger partial charge in [-0.1, -0.05) is 0 Å². The highest BCUT2D eigenvalue weighted by molar-refractivity contribution is 5.79. The van der Waals surface area contributed by atoms with Crippen molar-refractivity contribution < 1.29 is 9.53 Å². The quantitative estimate of drug-likeness (QED) is 0.394. The van der Waals surface area contributed by atoms with E-state index in [2.05, 4.69) is 34.0 Å². The number of esters is 1. The molecule has 0 aromatic carbocycles. The van der Waals surface area contributed by atoms with Crippen LogP contribution >= 0.6 is 0 Å². The minimum atomic E-state index is -0.0747. The third-order valence-electron chi connectivity index (χ3n) is 3.89. The number of carbonyl (C=O) groups is 1. The lowest BCUT2D eigenvalue weighted by Gasteiger charge is -2.34. The Labute approximate surface area is 141 Å². The molecule has 1 saturated heterocycles. The van der Waals surface area contributed by atoms with Gasteiger partial charge in [-0.05, 0) is 40.7 Å². The Morgan fingerprint density at radius 2 is 1.78 bits per heavy atom. The minimum Gasteiger partial charge on any atom is -0.466 e. The molecule has 1 heterocycles. The molecule has 0 unspecified atom stereocenters. The van der Waals surface area contributed by atoms with Gasteiger partial charge in [-0.25, -0.2) is 0 Å². The lowest BCUT2D eigenvalue weighted by atomic mass is 10.2. The van der Waals surface area contributed by atoms with E-state index in [4.69, 9.17) is 4.74 Å². The van der Waals surface area contributed by atoms with Gasteiger partial charge in [-0.15, -0.1) is 0 Å². The maximum absolute atomic E-state index is 11.3. The first kappa shape index (κ1) is 19.9. The van der Waals surface area contributed by atoms with Crippen LogP contribution < -0.4 is 5.32 Å². The third-order valence-corrected chi connectivity index (χ3v) is 3.89. The molecule has 1 aliphatic rings. The van der Waals surface area contributed by atoms with Gasteiger partial charge in [0.2, 0.25) is 0 Å². The predicted octanol–water partition coefficient (Wildman–Crippen LogP) is 1.36. The standard InChI is InChI=1S/C17H34N4O2/c1-5-23-17(22)7-6-9-20-11-13-21(14-12-20)10-8-18-16(4)19-15(2)3/h15H,5-14H2,1-4H3,(H,18,19). The Morgan fingerprint density at radius 1 is 1.17 bits per heavy atom. The molecule has 1 aliphatic heterocycles. The molecule has 0 aromatic heterocycles. The molecule has 23 heavy (non-hydrogen) atoms. The number of amidine groups is 1. The van der Waals surface area contributed by atoms with Crippen LogP contribution in [-0.4, -0.2) is 80.1 Å². The second-order valence-electron chi connectivity index (χ2n) is 6.36. The summed E-state index contributed by atoms with van der Waals surface area (Å²) in [6, 6.07) is 0.442. The van der Waals surface area contributed by atoms with Crippen molar-refractivity contribution in [1.82, 2.24) is 15.1 Å². The molecular formula is C17H34N4O2. The van der Waals surface area contributed by atoms with E-state index in [0.29, 0.717) is 19.1 Å². The first-order valence-electron chi connectivity index (χ1n) is 8.89. The zero-order valence-corrected chi connectivity index (χ0v) is 15.3. The van der Waals surface area contributed by atoms with Crippen molar-refractivity contribution in [3.63, 3.8) is 0 Å². The third kappa shape index (κ3) is 9.56. The number of ether oxygens (including phenoxy) is 1. The number of piperazine rings is 1. The van der Waals surface area contributed by atoms with Gasteiger partial charge in [0.25, 0.3) is 0 Å². The Bertz CT molecular complexity index is 364. The summed E-state index contributed by atoms with van der Waals surface area (Å²) in [7, 11) is 0. The smallest absolute Gasteiger partial charge is 0.305 e. The lowest BCUT2D eigenvalue weighted by molar-refractivity contribution is -0.143. The van der Waals surface area contributed by atoms with E-state index < -0.39 is 0 Å². The molecule has 0 bridgehead atoms. The van der Waals surface area contributed by atoms with Crippen molar-refractivity contribution in [3.05, 3.63) is 0 Å². The van der Waals surface area contributed by atoms with E-state index >= 15 is 0 Å². The molecule has 0 aliphatic carbocycles. The topological polar surface area (TPSA) is 57.2 Å². The van der Waals surface area contributed by atoms with Crippen LogP contribution in [0.4, 0.5) is 0 Å². The molecule has 0 radical (unpaired) electrons. The Balaban J connectivity index is 2.10. The second kappa shape index (κ2) is 11.4. The molecule has 6 heteroatoms. The van der Waals surface area contributed by atoms with Crippen LogP contribution in [-0.2, 0) is 9.53 Å². The SMILES string of the molecule is CCOC(=O)CCCN1CCN(CCN=C(C)NC(C)C)CC1. The first-order valence-corrected chi connectivity index (χ1v) is 8.89. The van der Waals surface area contributed by atoms with Crippen molar-refractivity contribution in [2.75, 3.05) is 52.4 Å². The van der Waals surface area contributed by atoms with Gasteiger partial charge in [0.05, 0.1) is 19.0 Å². The van der Waals surface area contributed by atoms with Crippen LogP contribution in [0.1, 0.15) is 40.5 Å². The van der Waals surface area contributed by atoms with Gasteiger partial charge >= 0.3 is 5.97 Å². The van der Waals surface area contributed by atoms with E-state index in [1.165, 1.54) is 0 Å². The van der Waals surface area contributed by atoms with Crippen molar-refractivity contribution >= 4 is 11.8 Å². The summed E-state index contributed by atoms with van der Waals surface area (Å²) < 4.78 is 4.95. The molecule has 1 rings (SSSR count). The zero-order chi connectivity index (χ0) is 17.1. The highest BCUT2D eigenvalue weighted by atomic mass is 16.5. The fourth-order valence-corrected chi connectivity index (χ4v) is 2.74. The maximum atomic E-state index is 11.3. The number of hydrogen-bond acceptors (Lipinski definition) is 5. The van der Waals surface area contributed by atoms with Gasteiger partial charge in [-0.3, -0.25) is 14.7 Å². The molecule has 6 nitrogen and oxygen atoms in total. The number of aliphatic imine (C=N–C) groups is 1. The van der Waals surface area contributed by atoms with Crippen LogP contribution in [0.25, 0.3) is 0 Å². The fourth-order valence-electron chi connectivity index (χ4n) is 2.74. The van der Waals surface area contributed by atoms with E-state index in [1.54, 1.807) is 0 Å². The summed E-state index contributed by atoms with van der Waals surface area (Å²) in [6.45, 7) is 15.8. The number of nitrogens with zero attached hydrogens (tertiary/aromatic N) is 3. The number of rotatable bonds is 9. The molecule has 134 valence electrons. The fraction of sp³-hybridized carbons (Fsp3) is 0.882. The summed E-state index contributed by atoms with van der Waals surface area (Å²) in [5, 5.41) is 3.31. The lowest BCUT2D eigenvalue weighted by Crippen LogP contribution is -2.47. The summed E-state index contributed by atoms with van der Waals surface area (Å²) in [5.41, 5.74) is 0. The predicted molar refractivity (Wildman–Crippen MR) is 95.0 cm³/mol. The van der Waals surface area contributed by atoms with Crippen LogP contribution in [0.15, 0.2) is 4.99 Å². The minimum absolute atomic E-state index is 0.0747. The maximum Gasteiger partial charge on any atom is 0.305 e. The molecule has 0 spiro atoms. The highest BCUT2D eigenvalue weighted by Crippen LogP contribution is 2.04. The van der Waals surface area contributed by atoms with E-state index in [-0.39, 0.29) is 5.97 Å². The van der Waals surface area contributed by atoms with E-state index in [9.17, 15) is 4.79 Å². The molecule has 0 amide bonds. The molecule has 0 atom stereocenters. The highest BCUT2D eigenvalue weighted by Gasteiger charge is 2.16. The van der Waals surface area contributed by atoms with Gasteiger partial charge in [0, 0.05) is 45.2 Å². The Morgan fingerprint density at radius 3 is 2.35 bits per heavy atom. The molecule has 0 aromatic rings. The van der Waals surface area contributed by atoms with Crippen molar-refractivity contribution in [1.29, 1.82) is 0 Å². The number of carbonyl (C=O) groups excluding carboxylic acids is 1. The van der Waals surface area contributed by atoms with E-state index in [1.807, 2.05) is 13.8 Å². The summed E-state index contributed by atoms with van der Waals surface area (Å²) in [6.07, 6.45) is 1.42. The number of nitrogens with one attached hydrogen (secondary N) is 1. The van der Waals surface area contributed by atoms with Gasteiger partial charge in [0.1, 0.15) is 0 Å². The van der Waals surface area contributed by atoms with Crippen molar-refractivity contribution in [3.8, 4) is 0 Å².